The first-order valence-electron chi connectivity index (χ1n) is 7.78. The van der Waals surface area contributed by atoms with Crippen molar-refractivity contribution in [3.63, 3.8) is 0 Å². The Balaban J connectivity index is 2.06. The number of likely N-dealkylation sites (N-methyl/N-ethyl adjacent to an activating group) is 1. The highest BCUT2D eigenvalue weighted by atomic mass is 16.5. The topological polar surface area (TPSA) is 41.5 Å². The minimum absolute atomic E-state index is 0.424. The lowest BCUT2D eigenvalue weighted by Crippen LogP contribution is -2.55. The first-order chi connectivity index (χ1) is 10.5. The maximum Gasteiger partial charge on any atom is 0.316 e. The molecule has 1 aromatic carbocycles. The van der Waals surface area contributed by atoms with Gasteiger partial charge in [-0.25, -0.2) is 4.98 Å². The van der Waals surface area contributed by atoms with Gasteiger partial charge in [0, 0.05) is 42.4 Å². The standard InChI is InChI=1S/C17H24N4O/c1-11-6-7-15(14-8-18-17(22-5)19-16(11)14)21-9-12(2)20(4)13(3)10-21/h6-8,12-13H,9-10H2,1-5H3. The van der Waals surface area contributed by atoms with Crippen LogP contribution in [-0.2, 0) is 0 Å². The molecule has 1 aromatic heterocycles. The summed E-state index contributed by atoms with van der Waals surface area (Å²) in [6.45, 7) is 8.67. The minimum Gasteiger partial charge on any atom is -0.467 e. The molecule has 0 spiro atoms. The smallest absolute Gasteiger partial charge is 0.316 e. The third-order valence-electron chi connectivity index (χ3n) is 4.79. The molecule has 1 aliphatic rings. The Hall–Kier alpha value is -1.88. The number of hydrogen-bond acceptors (Lipinski definition) is 5. The Kier molecular flexibility index (Phi) is 3.91. The van der Waals surface area contributed by atoms with Gasteiger partial charge in [-0.1, -0.05) is 6.07 Å². The zero-order valence-corrected chi connectivity index (χ0v) is 14.0. The molecule has 0 aliphatic carbocycles. The van der Waals surface area contributed by atoms with Crippen LogP contribution in [0.1, 0.15) is 19.4 Å². The van der Waals surface area contributed by atoms with Gasteiger partial charge < -0.3 is 9.64 Å². The molecule has 1 aliphatic heterocycles. The van der Waals surface area contributed by atoms with Gasteiger partial charge in [0.15, 0.2) is 0 Å². The quantitative estimate of drug-likeness (QED) is 0.852. The minimum atomic E-state index is 0.424. The molecule has 5 nitrogen and oxygen atoms in total. The van der Waals surface area contributed by atoms with E-state index in [1.807, 2.05) is 6.20 Å². The van der Waals surface area contributed by atoms with E-state index < -0.39 is 0 Å². The largest absolute Gasteiger partial charge is 0.467 e. The van der Waals surface area contributed by atoms with Gasteiger partial charge in [-0.15, -0.1) is 0 Å². The fourth-order valence-corrected chi connectivity index (χ4v) is 3.20. The molecule has 0 saturated carbocycles. The summed E-state index contributed by atoms with van der Waals surface area (Å²) in [7, 11) is 3.80. The summed E-state index contributed by atoms with van der Waals surface area (Å²) < 4.78 is 5.17. The fourth-order valence-electron chi connectivity index (χ4n) is 3.20. The Morgan fingerprint density at radius 2 is 1.86 bits per heavy atom. The maximum absolute atomic E-state index is 5.17. The SMILES string of the molecule is COc1ncc2c(N3CC(C)N(C)C(C)C3)ccc(C)c2n1. The van der Waals surface area contributed by atoms with Gasteiger partial charge in [-0.3, -0.25) is 4.90 Å². The summed E-state index contributed by atoms with van der Waals surface area (Å²) in [6, 6.07) is 5.81. The number of aryl methyl sites for hydroxylation is 1. The predicted octanol–water partition coefficient (Wildman–Crippen LogP) is 2.48. The van der Waals surface area contributed by atoms with Crippen LogP contribution >= 0.6 is 0 Å². The highest BCUT2D eigenvalue weighted by Crippen LogP contribution is 2.31. The lowest BCUT2D eigenvalue weighted by atomic mass is 10.0. The fraction of sp³-hybridized carbons (Fsp3) is 0.529. The van der Waals surface area contributed by atoms with Crippen LogP contribution in [0.4, 0.5) is 5.69 Å². The predicted molar refractivity (Wildman–Crippen MR) is 89.7 cm³/mol. The molecule has 0 N–H and O–H groups in total. The molecule has 22 heavy (non-hydrogen) atoms. The lowest BCUT2D eigenvalue weighted by molar-refractivity contribution is 0.170. The molecule has 0 bridgehead atoms. The number of fused-ring (bicyclic) bond motifs is 1. The van der Waals surface area contributed by atoms with Crippen molar-refractivity contribution < 1.29 is 4.74 Å². The molecule has 2 unspecified atom stereocenters. The van der Waals surface area contributed by atoms with E-state index in [2.05, 4.69) is 59.7 Å². The summed E-state index contributed by atoms with van der Waals surface area (Å²) in [6.07, 6.45) is 1.89. The van der Waals surface area contributed by atoms with E-state index in [0.29, 0.717) is 18.1 Å². The molecule has 1 saturated heterocycles. The van der Waals surface area contributed by atoms with E-state index in [9.17, 15) is 0 Å². The normalized spacial score (nSPS) is 23.0. The van der Waals surface area contributed by atoms with Crippen molar-refractivity contribution in [3.8, 4) is 6.01 Å². The summed E-state index contributed by atoms with van der Waals surface area (Å²) in [5.41, 5.74) is 3.34. The number of anilines is 1. The number of ether oxygens (including phenoxy) is 1. The zero-order chi connectivity index (χ0) is 15.9. The Bertz CT molecular complexity index is 676. The van der Waals surface area contributed by atoms with Gasteiger partial charge in [-0.2, -0.15) is 4.98 Å². The van der Waals surface area contributed by atoms with E-state index >= 15 is 0 Å². The number of rotatable bonds is 2. The average Bonchev–Trinajstić information content (AvgIpc) is 2.52. The molecule has 2 atom stereocenters. The van der Waals surface area contributed by atoms with Gasteiger partial charge >= 0.3 is 6.01 Å². The molecular weight excluding hydrogens is 276 g/mol. The molecule has 1 fully saturated rings. The molecule has 2 aromatic rings. The van der Waals surface area contributed by atoms with Gasteiger partial charge in [0.2, 0.25) is 0 Å². The molecule has 118 valence electrons. The first-order valence-corrected chi connectivity index (χ1v) is 7.78. The van der Waals surface area contributed by atoms with Crippen molar-refractivity contribution in [2.75, 3.05) is 32.1 Å². The van der Waals surface area contributed by atoms with Crippen molar-refractivity contribution in [1.82, 2.24) is 14.9 Å². The van der Waals surface area contributed by atoms with E-state index in [1.165, 1.54) is 5.69 Å². The highest BCUT2D eigenvalue weighted by molar-refractivity contribution is 5.93. The van der Waals surface area contributed by atoms with Crippen LogP contribution in [0.3, 0.4) is 0 Å². The molecular formula is C17H24N4O. The second kappa shape index (κ2) is 5.72. The number of benzene rings is 1. The number of piperazine rings is 1. The van der Waals surface area contributed by atoms with Gasteiger partial charge in [0.25, 0.3) is 0 Å². The van der Waals surface area contributed by atoms with Crippen LogP contribution in [-0.4, -0.2) is 54.2 Å². The molecule has 0 amide bonds. The number of aromatic nitrogens is 2. The highest BCUT2D eigenvalue weighted by Gasteiger charge is 2.27. The molecule has 0 radical (unpaired) electrons. The monoisotopic (exact) mass is 300 g/mol. The van der Waals surface area contributed by atoms with Gasteiger partial charge in [-0.05, 0) is 39.4 Å². The lowest BCUT2D eigenvalue weighted by Gasteiger charge is -2.43. The summed E-state index contributed by atoms with van der Waals surface area (Å²) in [5.74, 6) is 0. The second-order valence-corrected chi connectivity index (χ2v) is 6.29. The van der Waals surface area contributed by atoms with Crippen LogP contribution in [0, 0.1) is 6.92 Å². The Labute approximate surface area is 131 Å². The Morgan fingerprint density at radius 3 is 2.50 bits per heavy atom. The molecule has 5 heteroatoms. The zero-order valence-electron chi connectivity index (χ0n) is 14.0. The van der Waals surface area contributed by atoms with Crippen LogP contribution < -0.4 is 9.64 Å². The number of hydrogen-bond donors (Lipinski definition) is 0. The van der Waals surface area contributed by atoms with Crippen LogP contribution in [0.5, 0.6) is 6.01 Å². The van der Waals surface area contributed by atoms with Crippen molar-refractivity contribution in [2.45, 2.75) is 32.9 Å². The van der Waals surface area contributed by atoms with Crippen molar-refractivity contribution >= 4 is 16.6 Å². The number of nitrogens with zero attached hydrogens (tertiary/aromatic N) is 4. The Morgan fingerprint density at radius 1 is 1.18 bits per heavy atom. The van der Waals surface area contributed by atoms with E-state index in [4.69, 9.17) is 4.74 Å². The van der Waals surface area contributed by atoms with E-state index in [-0.39, 0.29) is 0 Å². The van der Waals surface area contributed by atoms with Crippen LogP contribution in [0.2, 0.25) is 0 Å². The van der Waals surface area contributed by atoms with E-state index in [1.54, 1.807) is 7.11 Å². The van der Waals surface area contributed by atoms with Crippen molar-refractivity contribution in [1.29, 1.82) is 0 Å². The summed E-state index contributed by atoms with van der Waals surface area (Å²) in [5, 5.41) is 1.10. The van der Waals surface area contributed by atoms with Crippen LogP contribution in [0.15, 0.2) is 18.3 Å². The molecule has 3 rings (SSSR count). The van der Waals surface area contributed by atoms with Gasteiger partial charge in [0.05, 0.1) is 12.6 Å². The van der Waals surface area contributed by atoms with E-state index in [0.717, 1.165) is 29.6 Å². The summed E-state index contributed by atoms with van der Waals surface area (Å²) >= 11 is 0. The van der Waals surface area contributed by atoms with Crippen LogP contribution in [0.25, 0.3) is 10.9 Å². The maximum atomic E-state index is 5.17. The van der Waals surface area contributed by atoms with Gasteiger partial charge in [0.1, 0.15) is 0 Å². The third kappa shape index (κ3) is 2.50. The summed E-state index contributed by atoms with van der Waals surface area (Å²) in [4.78, 5) is 13.7. The average molecular weight is 300 g/mol. The first kappa shape index (κ1) is 15.0. The number of methoxy groups -OCH3 is 1. The third-order valence-corrected chi connectivity index (χ3v) is 4.79. The molecule has 2 heterocycles. The van der Waals surface area contributed by atoms with Crippen molar-refractivity contribution in [3.05, 3.63) is 23.9 Å². The second-order valence-electron chi connectivity index (χ2n) is 6.29. The van der Waals surface area contributed by atoms with Crippen molar-refractivity contribution in [2.24, 2.45) is 0 Å².